The van der Waals surface area contributed by atoms with Gasteiger partial charge < -0.3 is 19.2 Å². The monoisotopic (exact) mass is 412 g/mol. The summed E-state index contributed by atoms with van der Waals surface area (Å²) in [6.07, 6.45) is 8.63. The van der Waals surface area contributed by atoms with Gasteiger partial charge in [-0.1, -0.05) is 12.1 Å². The highest BCUT2D eigenvalue weighted by Gasteiger charge is 2.39. The van der Waals surface area contributed by atoms with Gasteiger partial charge in [0.2, 0.25) is 0 Å². The zero-order chi connectivity index (χ0) is 20.9. The van der Waals surface area contributed by atoms with Crippen LogP contribution in [0.2, 0.25) is 0 Å². The number of nitrogens with one attached hydrogen (secondary N) is 1. The fourth-order valence-electron chi connectivity index (χ4n) is 5.92. The Labute approximate surface area is 182 Å². The number of fused-ring (bicyclic) bond motifs is 2. The zero-order valence-electron chi connectivity index (χ0n) is 18.1. The number of methoxy groups -OCH3 is 1. The van der Waals surface area contributed by atoms with Crippen LogP contribution in [-0.2, 0) is 13.0 Å². The Balaban J connectivity index is 1.28. The average molecular weight is 413 g/mol. The Bertz CT molecular complexity index is 1220. The molecular weight excluding hydrogens is 384 g/mol. The summed E-state index contributed by atoms with van der Waals surface area (Å²) >= 11 is 0. The van der Waals surface area contributed by atoms with E-state index in [0.29, 0.717) is 17.9 Å². The first kappa shape index (κ1) is 18.7. The SMILES string of the molecule is COc1ccc(-c2nccn2C[C@@H]2C[C@@H]3c4cccc5[nH]cc(c45)C[C@H]3N(C)C2)cc1. The molecule has 5 nitrogen and oxygen atoms in total. The van der Waals surface area contributed by atoms with Crippen LogP contribution in [0.4, 0.5) is 0 Å². The first-order chi connectivity index (χ1) is 15.2. The number of aromatic amines is 1. The Kier molecular flexibility index (Phi) is 4.39. The standard InChI is InChI=1S/C26H28N4O/c1-29-15-17(16-30-11-10-27-26(30)18-6-8-20(31-2)9-7-18)12-22-21-4-3-5-23-25(21)19(14-28-23)13-24(22)29/h3-11,14,17,22,24,28H,12-13,15-16H2,1-2H3/t17-,22-,24-/m1/s1. The second-order valence-corrected chi connectivity index (χ2v) is 9.13. The topological polar surface area (TPSA) is 46.1 Å². The molecule has 1 aliphatic heterocycles. The van der Waals surface area contributed by atoms with E-state index in [9.17, 15) is 0 Å². The van der Waals surface area contributed by atoms with Crippen molar-refractivity contribution in [1.82, 2.24) is 19.4 Å². The summed E-state index contributed by atoms with van der Waals surface area (Å²) in [6, 6.07) is 15.6. The Hall–Kier alpha value is -3.05. The minimum Gasteiger partial charge on any atom is -0.497 e. The highest BCUT2D eigenvalue weighted by atomic mass is 16.5. The van der Waals surface area contributed by atoms with Crippen LogP contribution in [0.3, 0.4) is 0 Å². The highest BCUT2D eigenvalue weighted by Crippen LogP contribution is 2.44. The number of hydrogen-bond donors (Lipinski definition) is 1. The third-order valence-corrected chi connectivity index (χ3v) is 7.33. The number of rotatable bonds is 4. The van der Waals surface area contributed by atoms with Gasteiger partial charge in [0, 0.05) is 60.1 Å². The number of piperidine rings is 1. The molecule has 1 N–H and O–H groups in total. The van der Waals surface area contributed by atoms with Crippen molar-refractivity contribution in [3.8, 4) is 17.1 Å². The molecule has 4 aromatic rings. The summed E-state index contributed by atoms with van der Waals surface area (Å²) in [6.45, 7) is 2.11. The maximum atomic E-state index is 5.31. The molecule has 2 aromatic heterocycles. The van der Waals surface area contributed by atoms with Crippen LogP contribution in [0.1, 0.15) is 23.5 Å². The predicted octanol–water partition coefficient (Wildman–Crippen LogP) is 4.70. The molecule has 3 heterocycles. The lowest BCUT2D eigenvalue weighted by Gasteiger charge is -2.45. The molecule has 0 bridgehead atoms. The summed E-state index contributed by atoms with van der Waals surface area (Å²) < 4.78 is 7.63. The lowest BCUT2D eigenvalue weighted by molar-refractivity contribution is 0.104. The number of hydrogen-bond acceptors (Lipinski definition) is 3. The van der Waals surface area contributed by atoms with Gasteiger partial charge in [-0.05, 0) is 67.3 Å². The van der Waals surface area contributed by atoms with Crippen molar-refractivity contribution < 1.29 is 4.74 Å². The summed E-state index contributed by atoms with van der Waals surface area (Å²) in [7, 11) is 4.00. The summed E-state index contributed by atoms with van der Waals surface area (Å²) in [4.78, 5) is 10.7. The number of imidazole rings is 1. The zero-order valence-corrected chi connectivity index (χ0v) is 18.1. The van der Waals surface area contributed by atoms with E-state index >= 15 is 0 Å². The van der Waals surface area contributed by atoms with Gasteiger partial charge >= 0.3 is 0 Å². The van der Waals surface area contributed by atoms with Crippen LogP contribution in [0, 0.1) is 5.92 Å². The van der Waals surface area contributed by atoms with Crippen molar-refractivity contribution in [2.45, 2.75) is 31.3 Å². The van der Waals surface area contributed by atoms with Crippen molar-refractivity contribution in [3.05, 3.63) is 72.2 Å². The minimum absolute atomic E-state index is 0.587. The molecular formula is C26H28N4O. The van der Waals surface area contributed by atoms with E-state index < -0.39 is 0 Å². The Morgan fingerprint density at radius 1 is 1.16 bits per heavy atom. The van der Waals surface area contributed by atoms with Crippen molar-refractivity contribution in [1.29, 1.82) is 0 Å². The van der Waals surface area contributed by atoms with Crippen LogP contribution >= 0.6 is 0 Å². The molecule has 5 heteroatoms. The van der Waals surface area contributed by atoms with Gasteiger partial charge in [0.05, 0.1) is 7.11 Å². The molecule has 158 valence electrons. The molecule has 2 aromatic carbocycles. The van der Waals surface area contributed by atoms with Crippen molar-refractivity contribution in [2.24, 2.45) is 5.92 Å². The average Bonchev–Trinajstić information content (AvgIpc) is 3.43. The fourth-order valence-corrected chi connectivity index (χ4v) is 5.92. The first-order valence-corrected chi connectivity index (χ1v) is 11.2. The maximum Gasteiger partial charge on any atom is 0.139 e. The number of ether oxygens (including phenoxy) is 1. The number of nitrogens with zero attached hydrogens (tertiary/aromatic N) is 3. The molecule has 0 radical (unpaired) electrons. The predicted molar refractivity (Wildman–Crippen MR) is 123 cm³/mol. The minimum atomic E-state index is 0.587. The van der Waals surface area contributed by atoms with Gasteiger partial charge in [-0.15, -0.1) is 0 Å². The summed E-state index contributed by atoms with van der Waals surface area (Å²) in [5, 5.41) is 1.47. The molecule has 0 unspecified atom stereocenters. The van der Waals surface area contributed by atoms with E-state index in [1.165, 1.54) is 28.5 Å². The normalized spacial score (nSPS) is 23.1. The van der Waals surface area contributed by atoms with Crippen molar-refractivity contribution >= 4 is 10.9 Å². The second-order valence-electron chi connectivity index (χ2n) is 9.13. The smallest absolute Gasteiger partial charge is 0.139 e. The molecule has 1 saturated heterocycles. The van der Waals surface area contributed by atoms with Crippen LogP contribution in [-0.4, -0.2) is 46.2 Å². The van der Waals surface area contributed by atoms with Gasteiger partial charge in [0.15, 0.2) is 0 Å². The van der Waals surface area contributed by atoms with Crippen molar-refractivity contribution in [3.63, 3.8) is 0 Å². The molecule has 0 saturated carbocycles. The van der Waals surface area contributed by atoms with E-state index in [-0.39, 0.29) is 0 Å². The van der Waals surface area contributed by atoms with Crippen molar-refractivity contribution in [2.75, 3.05) is 20.7 Å². The van der Waals surface area contributed by atoms with Crippen LogP contribution in [0.25, 0.3) is 22.3 Å². The third kappa shape index (κ3) is 3.07. The number of aromatic nitrogens is 3. The molecule has 6 rings (SSSR count). The summed E-state index contributed by atoms with van der Waals surface area (Å²) in [5.74, 6) is 3.08. The van der Waals surface area contributed by atoms with Crippen LogP contribution < -0.4 is 4.74 Å². The number of likely N-dealkylation sites (N-methyl/N-ethyl adjacent to an activating group) is 1. The van der Waals surface area contributed by atoms with Gasteiger partial charge in [0.25, 0.3) is 0 Å². The van der Waals surface area contributed by atoms with Crippen LogP contribution in [0.15, 0.2) is 61.1 Å². The van der Waals surface area contributed by atoms with E-state index in [1.54, 1.807) is 7.11 Å². The van der Waals surface area contributed by atoms with E-state index in [2.05, 4.69) is 69.2 Å². The van der Waals surface area contributed by atoms with E-state index in [0.717, 1.165) is 36.6 Å². The lowest BCUT2D eigenvalue weighted by atomic mass is 9.72. The number of benzene rings is 2. The van der Waals surface area contributed by atoms with Gasteiger partial charge in [-0.25, -0.2) is 4.98 Å². The van der Waals surface area contributed by atoms with Gasteiger partial charge in [-0.2, -0.15) is 0 Å². The molecule has 3 atom stereocenters. The lowest BCUT2D eigenvalue weighted by Crippen LogP contribution is -2.48. The fraction of sp³-hybridized carbons (Fsp3) is 0.346. The first-order valence-electron chi connectivity index (χ1n) is 11.2. The molecule has 2 aliphatic rings. The van der Waals surface area contributed by atoms with E-state index in [4.69, 9.17) is 4.74 Å². The quantitative estimate of drug-likeness (QED) is 0.528. The third-order valence-electron chi connectivity index (χ3n) is 7.33. The molecule has 0 spiro atoms. The molecule has 1 aliphatic carbocycles. The Morgan fingerprint density at radius 3 is 2.87 bits per heavy atom. The maximum absolute atomic E-state index is 5.31. The largest absolute Gasteiger partial charge is 0.497 e. The highest BCUT2D eigenvalue weighted by molar-refractivity contribution is 5.88. The number of H-pyrrole nitrogens is 1. The Morgan fingerprint density at radius 2 is 2.03 bits per heavy atom. The molecule has 1 fully saturated rings. The molecule has 0 amide bonds. The van der Waals surface area contributed by atoms with Crippen LogP contribution in [0.5, 0.6) is 5.75 Å². The van der Waals surface area contributed by atoms with Gasteiger partial charge in [0.1, 0.15) is 11.6 Å². The second kappa shape index (κ2) is 7.27. The summed E-state index contributed by atoms with van der Waals surface area (Å²) in [5.41, 5.74) is 5.43. The molecule has 31 heavy (non-hydrogen) atoms. The van der Waals surface area contributed by atoms with Gasteiger partial charge in [-0.3, -0.25) is 0 Å². The van der Waals surface area contributed by atoms with E-state index in [1.807, 2.05) is 18.3 Å². The number of likely N-dealkylation sites (tertiary alicyclic amines) is 1.